The first kappa shape index (κ1) is 20.6. The number of hydrogen-bond donors (Lipinski definition) is 2. The average Bonchev–Trinajstić information content (AvgIpc) is 3.12. The molecule has 1 aromatic carbocycles. The third kappa shape index (κ3) is 4.83. The van der Waals surface area contributed by atoms with Crippen molar-refractivity contribution in [3.8, 4) is 11.3 Å². The van der Waals surface area contributed by atoms with E-state index in [0.29, 0.717) is 30.0 Å². The molecule has 1 aromatic heterocycles. The van der Waals surface area contributed by atoms with Crippen LogP contribution in [0.5, 0.6) is 0 Å². The van der Waals surface area contributed by atoms with Gasteiger partial charge in [0.1, 0.15) is 5.69 Å². The maximum atomic E-state index is 12.0. The number of rotatable bonds is 6. The first-order valence-corrected chi connectivity index (χ1v) is 11.0. The van der Waals surface area contributed by atoms with Gasteiger partial charge in [-0.3, -0.25) is 19.0 Å². The van der Waals surface area contributed by atoms with Crippen molar-refractivity contribution in [3.05, 3.63) is 48.7 Å². The SMILES string of the molecule is C=CC(=O)N1CCCC(n2cc(C(N)=O)c(-c3cccc(NS(C)(=O)=O)c3)n2)C1. The molecule has 0 saturated carbocycles. The summed E-state index contributed by atoms with van der Waals surface area (Å²) >= 11 is 0. The summed E-state index contributed by atoms with van der Waals surface area (Å²) < 4.78 is 27.1. The summed E-state index contributed by atoms with van der Waals surface area (Å²) in [5, 5.41) is 4.56. The second-order valence-corrected chi connectivity index (χ2v) is 8.72. The number of carbonyl (C=O) groups is 2. The van der Waals surface area contributed by atoms with Crippen LogP contribution in [0.25, 0.3) is 11.3 Å². The normalized spacial score (nSPS) is 17.0. The highest BCUT2D eigenvalue weighted by atomic mass is 32.2. The van der Waals surface area contributed by atoms with Crippen LogP contribution in [-0.4, -0.2) is 54.3 Å². The standard InChI is InChI=1S/C19H23N5O4S/c1-3-17(25)23-9-5-8-15(11-23)24-12-16(19(20)26)18(21-24)13-6-4-7-14(10-13)22-29(2,27)28/h3-4,6-7,10,12,15,22H,1,5,8-9,11H2,2H3,(H2,20,26). The van der Waals surface area contributed by atoms with E-state index in [4.69, 9.17) is 5.73 Å². The Morgan fingerprint density at radius 1 is 1.38 bits per heavy atom. The van der Waals surface area contributed by atoms with Crippen LogP contribution in [-0.2, 0) is 14.8 Å². The number of sulfonamides is 1. The number of piperidine rings is 1. The number of nitrogens with two attached hydrogens (primary N) is 1. The van der Waals surface area contributed by atoms with Gasteiger partial charge in [-0.05, 0) is 31.1 Å². The Morgan fingerprint density at radius 2 is 2.14 bits per heavy atom. The van der Waals surface area contributed by atoms with Crippen molar-refractivity contribution < 1.29 is 18.0 Å². The fourth-order valence-corrected chi connectivity index (χ4v) is 3.97. The Labute approximate surface area is 169 Å². The van der Waals surface area contributed by atoms with Crippen LogP contribution in [0.4, 0.5) is 5.69 Å². The topological polar surface area (TPSA) is 127 Å². The lowest BCUT2D eigenvalue weighted by Gasteiger charge is -2.32. The van der Waals surface area contributed by atoms with E-state index < -0.39 is 15.9 Å². The summed E-state index contributed by atoms with van der Waals surface area (Å²) in [5.74, 6) is -0.778. The molecule has 0 aliphatic carbocycles. The fraction of sp³-hybridized carbons (Fsp3) is 0.316. The highest BCUT2D eigenvalue weighted by Gasteiger charge is 2.26. The summed E-state index contributed by atoms with van der Waals surface area (Å²) in [6.45, 7) is 4.63. The minimum Gasteiger partial charge on any atom is -0.365 e. The maximum absolute atomic E-state index is 12.0. The zero-order chi connectivity index (χ0) is 21.2. The number of nitrogens with zero attached hydrogens (tertiary/aromatic N) is 3. The molecule has 0 bridgehead atoms. The summed E-state index contributed by atoms with van der Waals surface area (Å²) in [6, 6.07) is 6.48. The van der Waals surface area contributed by atoms with Crippen molar-refractivity contribution in [1.82, 2.24) is 14.7 Å². The summed E-state index contributed by atoms with van der Waals surface area (Å²) in [6.07, 6.45) is 5.53. The van der Waals surface area contributed by atoms with E-state index in [-0.39, 0.29) is 17.5 Å². The zero-order valence-electron chi connectivity index (χ0n) is 16.0. The molecule has 1 saturated heterocycles. The summed E-state index contributed by atoms with van der Waals surface area (Å²) in [5.41, 5.74) is 7.06. The van der Waals surface area contributed by atoms with Crippen molar-refractivity contribution in [2.45, 2.75) is 18.9 Å². The third-order valence-corrected chi connectivity index (χ3v) is 5.30. The smallest absolute Gasteiger partial charge is 0.252 e. The lowest BCUT2D eigenvalue weighted by Crippen LogP contribution is -2.40. The number of aromatic nitrogens is 2. The van der Waals surface area contributed by atoms with E-state index in [1.165, 1.54) is 6.08 Å². The Morgan fingerprint density at radius 3 is 2.79 bits per heavy atom. The molecule has 1 fully saturated rings. The first-order valence-electron chi connectivity index (χ1n) is 9.06. The number of carbonyl (C=O) groups excluding carboxylic acids is 2. The Balaban J connectivity index is 1.96. The number of amides is 2. The molecule has 2 amide bonds. The molecule has 1 unspecified atom stereocenters. The van der Waals surface area contributed by atoms with E-state index in [1.54, 1.807) is 40.0 Å². The molecule has 3 rings (SSSR count). The lowest BCUT2D eigenvalue weighted by molar-refractivity contribution is -0.127. The molecule has 10 heteroatoms. The number of benzene rings is 1. The molecule has 154 valence electrons. The number of hydrogen-bond acceptors (Lipinski definition) is 5. The molecule has 2 aromatic rings. The van der Waals surface area contributed by atoms with Gasteiger partial charge in [-0.1, -0.05) is 18.7 Å². The molecule has 29 heavy (non-hydrogen) atoms. The Kier molecular flexibility index (Phi) is 5.73. The van der Waals surface area contributed by atoms with E-state index in [9.17, 15) is 18.0 Å². The van der Waals surface area contributed by atoms with Crippen LogP contribution < -0.4 is 10.5 Å². The molecule has 1 atom stereocenters. The second kappa shape index (κ2) is 8.08. The van der Waals surface area contributed by atoms with Crippen molar-refractivity contribution in [1.29, 1.82) is 0 Å². The Hall–Kier alpha value is -3.14. The first-order chi connectivity index (χ1) is 13.7. The Bertz CT molecular complexity index is 1060. The molecule has 1 aliphatic rings. The largest absolute Gasteiger partial charge is 0.365 e. The van der Waals surface area contributed by atoms with E-state index in [2.05, 4.69) is 16.4 Å². The van der Waals surface area contributed by atoms with Gasteiger partial charge in [0.25, 0.3) is 5.91 Å². The molecule has 3 N–H and O–H groups in total. The van der Waals surface area contributed by atoms with Gasteiger partial charge in [-0.25, -0.2) is 8.42 Å². The predicted octanol–water partition coefficient (Wildman–Crippen LogP) is 1.37. The van der Waals surface area contributed by atoms with Crippen LogP contribution in [0, 0.1) is 0 Å². The van der Waals surface area contributed by atoms with Crippen LogP contribution in [0.3, 0.4) is 0 Å². The van der Waals surface area contributed by atoms with Gasteiger partial charge in [0, 0.05) is 30.5 Å². The number of nitrogens with one attached hydrogen (secondary N) is 1. The molecule has 2 heterocycles. The third-order valence-electron chi connectivity index (χ3n) is 4.69. The van der Waals surface area contributed by atoms with Gasteiger partial charge >= 0.3 is 0 Å². The molecular formula is C19H23N5O4S. The monoisotopic (exact) mass is 417 g/mol. The zero-order valence-corrected chi connectivity index (χ0v) is 16.9. The highest BCUT2D eigenvalue weighted by Crippen LogP contribution is 2.28. The second-order valence-electron chi connectivity index (χ2n) is 6.98. The van der Waals surface area contributed by atoms with Gasteiger partial charge in [-0.2, -0.15) is 5.10 Å². The van der Waals surface area contributed by atoms with E-state index in [1.807, 2.05) is 0 Å². The maximum Gasteiger partial charge on any atom is 0.252 e. The lowest BCUT2D eigenvalue weighted by atomic mass is 10.1. The molecule has 1 aliphatic heterocycles. The quantitative estimate of drug-likeness (QED) is 0.686. The molecular weight excluding hydrogens is 394 g/mol. The number of primary amides is 1. The molecule has 0 radical (unpaired) electrons. The number of likely N-dealkylation sites (tertiary alicyclic amines) is 1. The molecule has 0 spiro atoms. The minimum absolute atomic E-state index is 0.100. The average molecular weight is 417 g/mol. The van der Waals surface area contributed by atoms with Gasteiger partial charge < -0.3 is 10.6 Å². The van der Waals surface area contributed by atoms with Gasteiger partial charge in [-0.15, -0.1) is 0 Å². The van der Waals surface area contributed by atoms with Crippen molar-refractivity contribution in [2.75, 3.05) is 24.1 Å². The summed E-state index contributed by atoms with van der Waals surface area (Å²) in [4.78, 5) is 25.6. The van der Waals surface area contributed by atoms with Gasteiger partial charge in [0.2, 0.25) is 15.9 Å². The van der Waals surface area contributed by atoms with E-state index >= 15 is 0 Å². The minimum atomic E-state index is -3.44. The fourth-order valence-electron chi connectivity index (χ4n) is 3.42. The van der Waals surface area contributed by atoms with Crippen molar-refractivity contribution >= 4 is 27.5 Å². The van der Waals surface area contributed by atoms with Crippen LogP contribution in [0.15, 0.2) is 43.1 Å². The predicted molar refractivity (Wildman–Crippen MR) is 110 cm³/mol. The number of anilines is 1. The summed E-state index contributed by atoms with van der Waals surface area (Å²) in [7, 11) is -3.44. The highest BCUT2D eigenvalue weighted by molar-refractivity contribution is 7.92. The van der Waals surface area contributed by atoms with Crippen LogP contribution >= 0.6 is 0 Å². The van der Waals surface area contributed by atoms with E-state index in [0.717, 1.165) is 19.1 Å². The van der Waals surface area contributed by atoms with Crippen molar-refractivity contribution in [2.24, 2.45) is 5.73 Å². The van der Waals surface area contributed by atoms with Crippen LogP contribution in [0.1, 0.15) is 29.2 Å². The van der Waals surface area contributed by atoms with Gasteiger partial charge in [0.15, 0.2) is 0 Å². The van der Waals surface area contributed by atoms with Crippen molar-refractivity contribution in [3.63, 3.8) is 0 Å². The van der Waals surface area contributed by atoms with Crippen LogP contribution in [0.2, 0.25) is 0 Å². The van der Waals surface area contributed by atoms with Gasteiger partial charge in [0.05, 0.1) is 17.9 Å². The molecule has 9 nitrogen and oxygen atoms in total.